The Morgan fingerprint density at radius 2 is 1.58 bits per heavy atom. The molecule has 12 heavy (non-hydrogen) atoms. The van der Waals surface area contributed by atoms with Crippen LogP contribution in [0.5, 0.6) is 5.75 Å². The molecule has 0 atom stereocenters. The maximum atomic E-state index is 5.62. The molecule has 0 saturated heterocycles. The molecule has 0 heterocycles. The largest absolute Gasteiger partial charge is 0.488 e. The summed E-state index contributed by atoms with van der Waals surface area (Å²) in [4.78, 5) is 0.955. The minimum atomic E-state index is -0.127. The van der Waals surface area contributed by atoms with Gasteiger partial charge in [0.2, 0.25) is 0 Å². The van der Waals surface area contributed by atoms with Gasteiger partial charge in [-0.2, -0.15) is 0 Å². The second-order valence-corrected chi connectivity index (χ2v) is 4.22. The van der Waals surface area contributed by atoms with Gasteiger partial charge in [0, 0.05) is 4.90 Å². The topological polar surface area (TPSA) is 9.23 Å². The number of benzene rings is 1. The van der Waals surface area contributed by atoms with Gasteiger partial charge in [-0.1, -0.05) is 0 Å². The summed E-state index contributed by atoms with van der Waals surface area (Å²) in [7, 11) is 0. The van der Waals surface area contributed by atoms with E-state index in [1.54, 1.807) is 0 Å². The van der Waals surface area contributed by atoms with Crippen LogP contribution in [0.3, 0.4) is 0 Å². The molecule has 1 aromatic rings. The zero-order valence-electron chi connectivity index (χ0n) is 7.66. The predicted octanol–water partition coefficient (Wildman–Crippen LogP) is 3.15. The van der Waals surface area contributed by atoms with Crippen LogP contribution in [0, 0.1) is 0 Å². The smallest absolute Gasteiger partial charge is 0.120 e. The molecule has 2 heteroatoms. The summed E-state index contributed by atoms with van der Waals surface area (Å²) in [5.74, 6) is 0.889. The van der Waals surface area contributed by atoms with Crippen LogP contribution in [-0.2, 0) is 0 Å². The highest BCUT2D eigenvalue weighted by Crippen LogP contribution is 2.19. The van der Waals surface area contributed by atoms with Crippen molar-refractivity contribution >= 4 is 12.6 Å². The van der Waals surface area contributed by atoms with E-state index in [1.807, 2.05) is 45.0 Å². The van der Waals surface area contributed by atoms with Gasteiger partial charge >= 0.3 is 0 Å². The molecule has 0 spiro atoms. The second kappa shape index (κ2) is 3.40. The van der Waals surface area contributed by atoms with Crippen molar-refractivity contribution in [2.45, 2.75) is 31.3 Å². The Balaban J connectivity index is 2.71. The fraction of sp³-hybridized carbons (Fsp3) is 0.400. The first-order chi connectivity index (χ1) is 5.47. The molecule has 0 fully saturated rings. The summed E-state index contributed by atoms with van der Waals surface area (Å²) in [6.45, 7) is 6.09. The van der Waals surface area contributed by atoms with E-state index in [-0.39, 0.29) is 5.60 Å². The summed E-state index contributed by atoms with van der Waals surface area (Å²) in [6.07, 6.45) is 0. The summed E-state index contributed by atoms with van der Waals surface area (Å²) in [5, 5.41) is 0. The Morgan fingerprint density at radius 1 is 1.08 bits per heavy atom. The summed E-state index contributed by atoms with van der Waals surface area (Å²) >= 11 is 4.19. The van der Waals surface area contributed by atoms with Crippen LogP contribution in [0.25, 0.3) is 0 Å². The van der Waals surface area contributed by atoms with Crippen molar-refractivity contribution in [1.82, 2.24) is 0 Å². The van der Waals surface area contributed by atoms with Gasteiger partial charge in [0.1, 0.15) is 11.4 Å². The lowest BCUT2D eigenvalue weighted by atomic mass is 10.2. The van der Waals surface area contributed by atoms with Crippen molar-refractivity contribution in [3.8, 4) is 5.75 Å². The summed E-state index contributed by atoms with van der Waals surface area (Å²) < 4.78 is 5.62. The van der Waals surface area contributed by atoms with E-state index in [0.717, 1.165) is 10.6 Å². The molecule has 0 unspecified atom stereocenters. The van der Waals surface area contributed by atoms with E-state index in [0.29, 0.717) is 0 Å². The van der Waals surface area contributed by atoms with Gasteiger partial charge in [-0.15, -0.1) is 12.6 Å². The van der Waals surface area contributed by atoms with Crippen LogP contribution in [0.2, 0.25) is 0 Å². The van der Waals surface area contributed by atoms with E-state index < -0.39 is 0 Å². The van der Waals surface area contributed by atoms with Crippen LogP contribution in [0.15, 0.2) is 29.2 Å². The molecule has 0 saturated carbocycles. The molecule has 0 aliphatic rings. The van der Waals surface area contributed by atoms with Crippen molar-refractivity contribution in [3.05, 3.63) is 24.3 Å². The number of rotatable bonds is 1. The number of hydrogen-bond acceptors (Lipinski definition) is 2. The number of hydrogen-bond donors (Lipinski definition) is 1. The van der Waals surface area contributed by atoms with Crippen LogP contribution in [0.4, 0.5) is 0 Å². The van der Waals surface area contributed by atoms with Gasteiger partial charge in [-0.3, -0.25) is 0 Å². The summed E-state index contributed by atoms with van der Waals surface area (Å²) in [5.41, 5.74) is -0.127. The standard InChI is InChI=1S/C10H14OS/c1-10(2,3)11-8-4-6-9(12)7-5-8/h4-7,12H,1-3H3. The van der Waals surface area contributed by atoms with Gasteiger partial charge in [0.15, 0.2) is 0 Å². The Labute approximate surface area is 79.2 Å². The third-order valence-electron chi connectivity index (χ3n) is 1.26. The van der Waals surface area contributed by atoms with Crippen molar-refractivity contribution in [2.24, 2.45) is 0 Å². The lowest BCUT2D eigenvalue weighted by molar-refractivity contribution is 0.131. The molecule has 1 aromatic carbocycles. The monoisotopic (exact) mass is 182 g/mol. The number of ether oxygens (including phenoxy) is 1. The first-order valence-electron chi connectivity index (χ1n) is 3.95. The van der Waals surface area contributed by atoms with Crippen LogP contribution >= 0.6 is 12.6 Å². The highest BCUT2D eigenvalue weighted by Gasteiger charge is 2.10. The highest BCUT2D eigenvalue weighted by molar-refractivity contribution is 7.80. The van der Waals surface area contributed by atoms with Crippen molar-refractivity contribution in [2.75, 3.05) is 0 Å². The zero-order chi connectivity index (χ0) is 9.19. The molecule has 0 aliphatic heterocycles. The van der Waals surface area contributed by atoms with E-state index in [4.69, 9.17) is 4.74 Å². The minimum Gasteiger partial charge on any atom is -0.488 e. The maximum absolute atomic E-state index is 5.62. The van der Waals surface area contributed by atoms with Gasteiger partial charge < -0.3 is 4.74 Å². The average molecular weight is 182 g/mol. The molecular formula is C10H14OS. The second-order valence-electron chi connectivity index (χ2n) is 3.71. The molecule has 0 amide bonds. The van der Waals surface area contributed by atoms with E-state index in [9.17, 15) is 0 Å². The van der Waals surface area contributed by atoms with Gasteiger partial charge in [-0.25, -0.2) is 0 Å². The SMILES string of the molecule is CC(C)(C)Oc1ccc(S)cc1. The molecule has 0 bridgehead atoms. The van der Waals surface area contributed by atoms with E-state index in [1.165, 1.54) is 0 Å². The van der Waals surface area contributed by atoms with E-state index in [2.05, 4.69) is 12.6 Å². The van der Waals surface area contributed by atoms with Crippen molar-refractivity contribution < 1.29 is 4.74 Å². The average Bonchev–Trinajstić information content (AvgIpc) is 1.91. The normalized spacial score (nSPS) is 11.3. The Kier molecular flexibility index (Phi) is 2.68. The zero-order valence-corrected chi connectivity index (χ0v) is 8.56. The summed E-state index contributed by atoms with van der Waals surface area (Å²) in [6, 6.07) is 7.69. The highest BCUT2D eigenvalue weighted by atomic mass is 32.1. The first kappa shape index (κ1) is 9.46. The molecule has 66 valence electrons. The third kappa shape index (κ3) is 3.18. The molecule has 1 nitrogen and oxygen atoms in total. The molecule has 1 rings (SSSR count). The minimum absolute atomic E-state index is 0.127. The first-order valence-corrected chi connectivity index (χ1v) is 4.40. The third-order valence-corrected chi connectivity index (χ3v) is 1.56. The van der Waals surface area contributed by atoms with Crippen LogP contribution in [-0.4, -0.2) is 5.60 Å². The van der Waals surface area contributed by atoms with Gasteiger partial charge in [0.05, 0.1) is 0 Å². The lowest BCUT2D eigenvalue weighted by Crippen LogP contribution is -2.22. The van der Waals surface area contributed by atoms with Gasteiger partial charge in [-0.05, 0) is 45.0 Å². The fourth-order valence-corrected chi connectivity index (χ4v) is 1.02. The fourth-order valence-electron chi connectivity index (χ4n) is 0.868. The van der Waals surface area contributed by atoms with E-state index >= 15 is 0 Å². The van der Waals surface area contributed by atoms with Gasteiger partial charge in [0.25, 0.3) is 0 Å². The lowest BCUT2D eigenvalue weighted by Gasteiger charge is -2.21. The quantitative estimate of drug-likeness (QED) is 0.656. The Morgan fingerprint density at radius 3 is 2.00 bits per heavy atom. The predicted molar refractivity (Wildman–Crippen MR) is 54.1 cm³/mol. The maximum Gasteiger partial charge on any atom is 0.120 e. The Hall–Kier alpha value is -0.630. The molecule has 0 radical (unpaired) electrons. The molecule has 0 N–H and O–H groups in total. The van der Waals surface area contributed by atoms with Crippen molar-refractivity contribution in [1.29, 1.82) is 0 Å². The number of thiol groups is 1. The molecular weight excluding hydrogens is 168 g/mol. The van der Waals surface area contributed by atoms with Crippen molar-refractivity contribution in [3.63, 3.8) is 0 Å². The Bertz CT molecular complexity index is 246. The molecule has 0 aliphatic carbocycles. The van der Waals surface area contributed by atoms with Crippen LogP contribution in [0.1, 0.15) is 20.8 Å². The molecule has 0 aromatic heterocycles. The van der Waals surface area contributed by atoms with Crippen LogP contribution < -0.4 is 4.74 Å².